The van der Waals surface area contributed by atoms with Crippen molar-refractivity contribution in [1.82, 2.24) is 9.97 Å². The summed E-state index contributed by atoms with van der Waals surface area (Å²) in [6, 6.07) is 0.691. The number of anilines is 1. The minimum Gasteiger partial charge on any atom is -0.367 e. The molecule has 0 unspecified atom stereocenters. The minimum atomic E-state index is 0.691. The second kappa shape index (κ2) is 3.23. The van der Waals surface area contributed by atoms with Crippen molar-refractivity contribution in [2.75, 3.05) is 5.32 Å². The van der Waals surface area contributed by atoms with E-state index in [1.54, 1.807) is 6.33 Å². The van der Waals surface area contributed by atoms with E-state index in [1.165, 1.54) is 36.9 Å². The van der Waals surface area contributed by atoms with Crippen molar-refractivity contribution in [2.45, 2.75) is 44.6 Å². The fourth-order valence-corrected chi connectivity index (χ4v) is 2.07. The quantitative estimate of drug-likeness (QED) is 0.772. The molecular weight excluding hydrogens is 174 g/mol. The maximum absolute atomic E-state index is 4.36. The fourth-order valence-electron chi connectivity index (χ4n) is 2.07. The summed E-state index contributed by atoms with van der Waals surface area (Å²) in [5.41, 5.74) is 2.65. The van der Waals surface area contributed by atoms with Crippen LogP contribution >= 0.6 is 0 Å². The van der Waals surface area contributed by atoms with Crippen LogP contribution in [0.1, 0.15) is 36.9 Å². The van der Waals surface area contributed by atoms with Crippen LogP contribution in [0.2, 0.25) is 0 Å². The maximum atomic E-state index is 4.36. The largest absolute Gasteiger partial charge is 0.367 e. The lowest BCUT2D eigenvalue weighted by atomic mass is 9.96. The van der Waals surface area contributed by atoms with Crippen LogP contribution < -0.4 is 5.32 Å². The minimum absolute atomic E-state index is 0.691. The first-order valence-corrected chi connectivity index (χ1v) is 5.53. The number of nitrogens with zero attached hydrogens (tertiary/aromatic N) is 2. The number of aromatic nitrogens is 2. The molecule has 1 N–H and O–H groups in total. The summed E-state index contributed by atoms with van der Waals surface area (Å²) < 4.78 is 0. The van der Waals surface area contributed by atoms with Crippen molar-refractivity contribution in [2.24, 2.45) is 0 Å². The van der Waals surface area contributed by atoms with Gasteiger partial charge in [-0.25, -0.2) is 9.97 Å². The second-order valence-corrected chi connectivity index (χ2v) is 4.27. The highest BCUT2D eigenvalue weighted by atomic mass is 15.1. The highest BCUT2D eigenvalue weighted by molar-refractivity contribution is 5.48. The van der Waals surface area contributed by atoms with Gasteiger partial charge in [-0.2, -0.15) is 0 Å². The van der Waals surface area contributed by atoms with Crippen LogP contribution in [-0.4, -0.2) is 16.0 Å². The van der Waals surface area contributed by atoms with Gasteiger partial charge in [0.25, 0.3) is 0 Å². The van der Waals surface area contributed by atoms with E-state index in [0.29, 0.717) is 6.04 Å². The third kappa shape index (κ3) is 1.47. The van der Waals surface area contributed by atoms with Gasteiger partial charge in [0.05, 0.1) is 0 Å². The average molecular weight is 189 g/mol. The van der Waals surface area contributed by atoms with Gasteiger partial charge in [-0.15, -0.1) is 0 Å². The van der Waals surface area contributed by atoms with Crippen molar-refractivity contribution < 1.29 is 0 Å². The third-order valence-corrected chi connectivity index (χ3v) is 3.04. The molecule has 3 nitrogen and oxygen atoms in total. The van der Waals surface area contributed by atoms with Crippen molar-refractivity contribution in [3.63, 3.8) is 0 Å². The van der Waals surface area contributed by atoms with Crippen LogP contribution in [0.4, 0.5) is 5.82 Å². The van der Waals surface area contributed by atoms with E-state index >= 15 is 0 Å². The summed E-state index contributed by atoms with van der Waals surface area (Å²) in [4.78, 5) is 8.71. The molecule has 1 aromatic rings. The van der Waals surface area contributed by atoms with Gasteiger partial charge in [-0.1, -0.05) is 0 Å². The van der Waals surface area contributed by atoms with Crippen LogP contribution in [0.15, 0.2) is 6.33 Å². The van der Waals surface area contributed by atoms with E-state index in [9.17, 15) is 0 Å². The molecule has 0 bridgehead atoms. The van der Waals surface area contributed by atoms with Crippen LogP contribution in [0.3, 0.4) is 0 Å². The predicted octanol–water partition coefficient (Wildman–Crippen LogP) is 1.93. The average Bonchev–Trinajstić information content (AvgIpc) is 3.03. The van der Waals surface area contributed by atoms with Gasteiger partial charge in [-0.05, 0) is 38.5 Å². The Morgan fingerprint density at radius 1 is 1.14 bits per heavy atom. The number of aryl methyl sites for hydroxylation is 1. The van der Waals surface area contributed by atoms with Crippen molar-refractivity contribution in [1.29, 1.82) is 0 Å². The zero-order chi connectivity index (χ0) is 9.38. The molecule has 1 aromatic heterocycles. The smallest absolute Gasteiger partial charge is 0.133 e. The molecule has 3 heteroatoms. The van der Waals surface area contributed by atoms with Crippen LogP contribution in [0, 0.1) is 0 Å². The predicted molar refractivity (Wildman–Crippen MR) is 55.3 cm³/mol. The van der Waals surface area contributed by atoms with E-state index in [1.807, 2.05) is 0 Å². The Morgan fingerprint density at radius 2 is 2.00 bits per heavy atom. The first-order valence-electron chi connectivity index (χ1n) is 5.53. The lowest BCUT2D eigenvalue weighted by Crippen LogP contribution is -2.13. The summed E-state index contributed by atoms with van der Waals surface area (Å²) >= 11 is 0. The zero-order valence-electron chi connectivity index (χ0n) is 8.29. The molecule has 0 atom stereocenters. The standard InChI is InChI=1S/C11H15N3/c1-2-4-10-9(3-1)11(13-7-12-10)14-8-5-6-8/h7-8H,1-6H2,(H,12,13,14). The van der Waals surface area contributed by atoms with Crippen molar-refractivity contribution in [3.05, 3.63) is 17.6 Å². The van der Waals surface area contributed by atoms with Gasteiger partial charge in [0.2, 0.25) is 0 Å². The molecule has 2 aliphatic carbocycles. The molecule has 2 aliphatic rings. The summed E-state index contributed by atoms with van der Waals surface area (Å²) in [5.74, 6) is 1.11. The van der Waals surface area contributed by atoms with Crippen LogP contribution in [0.25, 0.3) is 0 Å². The molecule has 0 aliphatic heterocycles. The van der Waals surface area contributed by atoms with Gasteiger partial charge in [-0.3, -0.25) is 0 Å². The lowest BCUT2D eigenvalue weighted by Gasteiger charge is -2.17. The maximum Gasteiger partial charge on any atom is 0.133 e. The van der Waals surface area contributed by atoms with E-state index in [2.05, 4.69) is 15.3 Å². The Morgan fingerprint density at radius 3 is 2.86 bits per heavy atom. The molecule has 0 amide bonds. The zero-order valence-corrected chi connectivity index (χ0v) is 8.29. The first-order chi connectivity index (χ1) is 6.93. The number of hydrogen-bond donors (Lipinski definition) is 1. The number of hydrogen-bond acceptors (Lipinski definition) is 3. The molecular formula is C11H15N3. The SMILES string of the molecule is c1nc2c(c(NC3CC3)n1)CCCC2. The van der Waals surface area contributed by atoms with Gasteiger partial charge in [0, 0.05) is 17.3 Å². The normalized spacial score (nSPS) is 20.3. The molecule has 1 saturated carbocycles. The topological polar surface area (TPSA) is 37.8 Å². The molecule has 74 valence electrons. The van der Waals surface area contributed by atoms with E-state index in [-0.39, 0.29) is 0 Å². The molecule has 14 heavy (non-hydrogen) atoms. The van der Waals surface area contributed by atoms with Crippen LogP contribution in [0.5, 0.6) is 0 Å². The van der Waals surface area contributed by atoms with Gasteiger partial charge < -0.3 is 5.32 Å². The third-order valence-electron chi connectivity index (χ3n) is 3.04. The fraction of sp³-hybridized carbons (Fsp3) is 0.636. The lowest BCUT2D eigenvalue weighted by molar-refractivity contribution is 0.663. The molecule has 0 radical (unpaired) electrons. The van der Waals surface area contributed by atoms with Gasteiger partial charge >= 0.3 is 0 Å². The monoisotopic (exact) mass is 189 g/mol. The Labute approximate surface area is 84.0 Å². The molecule has 0 spiro atoms. The van der Waals surface area contributed by atoms with Gasteiger partial charge in [0.1, 0.15) is 12.1 Å². The second-order valence-electron chi connectivity index (χ2n) is 4.27. The summed E-state index contributed by atoms with van der Waals surface area (Å²) in [5, 5.41) is 3.49. The van der Waals surface area contributed by atoms with E-state index < -0.39 is 0 Å². The van der Waals surface area contributed by atoms with Crippen LogP contribution in [-0.2, 0) is 12.8 Å². The molecule has 0 aromatic carbocycles. The number of fused-ring (bicyclic) bond motifs is 1. The Hall–Kier alpha value is -1.12. The molecule has 1 heterocycles. The van der Waals surface area contributed by atoms with Crippen molar-refractivity contribution >= 4 is 5.82 Å². The Balaban J connectivity index is 1.92. The van der Waals surface area contributed by atoms with Crippen molar-refractivity contribution in [3.8, 4) is 0 Å². The number of rotatable bonds is 2. The summed E-state index contributed by atoms with van der Waals surface area (Å²) in [6.07, 6.45) is 9.18. The van der Waals surface area contributed by atoms with Gasteiger partial charge in [0.15, 0.2) is 0 Å². The molecule has 3 rings (SSSR count). The Bertz CT molecular complexity index is 344. The summed E-state index contributed by atoms with van der Waals surface area (Å²) in [7, 11) is 0. The Kier molecular flexibility index (Phi) is 1.89. The van der Waals surface area contributed by atoms with E-state index in [4.69, 9.17) is 0 Å². The van der Waals surface area contributed by atoms with E-state index in [0.717, 1.165) is 18.7 Å². The first kappa shape index (κ1) is 8.21. The summed E-state index contributed by atoms with van der Waals surface area (Å²) in [6.45, 7) is 0. The highest BCUT2D eigenvalue weighted by Gasteiger charge is 2.24. The molecule has 1 fully saturated rings. The highest BCUT2D eigenvalue weighted by Crippen LogP contribution is 2.29. The molecule has 0 saturated heterocycles. The number of nitrogens with one attached hydrogen (secondary N) is 1.